The van der Waals surface area contributed by atoms with Crippen molar-refractivity contribution in [3.05, 3.63) is 53.1 Å². The average Bonchev–Trinajstić information content (AvgIpc) is 2.74. The van der Waals surface area contributed by atoms with Gasteiger partial charge in [-0.2, -0.15) is 13.2 Å². The van der Waals surface area contributed by atoms with Gasteiger partial charge in [-0.1, -0.05) is 13.3 Å². The van der Waals surface area contributed by atoms with Crippen LogP contribution < -0.4 is 10.1 Å². The van der Waals surface area contributed by atoms with Crippen LogP contribution in [-0.4, -0.2) is 43.2 Å². The number of anilines is 1. The van der Waals surface area contributed by atoms with Crippen molar-refractivity contribution in [3.8, 4) is 11.5 Å². The number of carbonyl (C=O) groups excluding carboxylic acids is 1. The fraction of sp³-hybridized carbons (Fsp3) is 0.364. The minimum absolute atomic E-state index is 0.264. The van der Waals surface area contributed by atoms with E-state index in [4.69, 9.17) is 10.1 Å². The number of carbonyl (C=O) groups is 1. The molecule has 9 heteroatoms. The summed E-state index contributed by atoms with van der Waals surface area (Å²) >= 11 is 0. The summed E-state index contributed by atoms with van der Waals surface area (Å²) in [5.41, 5.74) is -0.620. The molecular weight excluding hydrogens is 413 g/mol. The van der Waals surface area contributed by atoms with E-state index in [1.165, 1.54) is 13.2 Å². The highest BCUT2D eigenvalue weighted by Crippen LogP contribution is 2.35. The van der Waals surface area contributed by atoms with Crippen LogP contribution in [0.3, 0.4) is 0 Å². The van der Waals surface area contributed by atoms with Crippen LogP contribution in [0.5, 0.6) is 11.5 Å². The Bertz CT molecular complexity index is 912. The zero-order chi connectivity index (χ0) is 23.0. The van der Waals surface area contributed by atoms with Gasteiger partial charge < -0.3 is 19.9 Å². The second-order valence-corrected chi connectivity index (χ2v) is 6.76. The first kappa shape index (κ1) is 24.0. The lowest BCUT2D eigenvalue weighted by Gasteiger charge is -2.17. The van der Waals surface area contributed by atoms with Crippen LogP contribution in [0.2, 0.25) is 0 Å². The molecule has 2 aromatic carbocycles. The molecule has 0 bridgehead atoms. The van der Waals surface area contributed by atoms with E-state index in [0.717, 1.165) is 11.8 Å². The van der Waals surface area contributed by atoms with Crippen LogP contribution in [0.15, 0.2) is 36.4 Å². The monoisotopic (exact) mass is 438 g/mol. The lowest BCUT2D eigenvalue weighted by atomic mass is 10.00. The van der Waals surface area contributed by atoms with Crippen LogP contribution in [0.4, 0.5) is 18.9 Å². The minimum Gasteiger partial charge on any atom is -0.507 e. The Kier molecular flexibility index (Phi) is 8.30. The highest BCUT2D eigenvalue weighted by atomic mass is 19.4. The molecule has 0 heterocycles. The smallest absolute Gasteiger partial charge is 0.433 e. The molecule has 0 aliphatic rings. The number of hydrogen-bond donors (Lipinski definition) is 3. The molecule has 168 valence electrons. The normalized spacial score (nSPS) is 11.1. The zero-order valence-corrected chi connectivity index (χ0v) is 17.3. The van der Waals surface area contributed by atoms with E-state index in [1.807, 2.05) is 6.92 Å². The number of rotatable bonds is 10. The van der Waals surface area contributed by atoms with Gasteiger partial charge in [0.25, 0.3) is 0 Å². The van der Waals surface area contributed by atoms with Crippen molar-refractivity contribution in [3.63, 3.8) is 0 Å². The average molecular weight is 438 g/mol. The van der Waals surface area contributed by atoms with Crippen molar-refractivity contribution in [2.75, 3.05) is 25.6 Å². The summed E-state index contributed by atoms with van der Waals surface area (Å²) in [7, 11) is 1.31. The molecule has 0 fully saturated rings. The number of benzene rings is 2. The van der Waals surface area contributed by atoms with Gasteiger partial charge in [0.2, 0.25) is 0 Å². The van der Waals surface area contributed by atoms with Crippen molar-refractivity contribution in [1.29, 1.82) is 5.41 Å². The Hall–Kier alpha value is -3.23. The number of ether oxygens (including phenoxy) is 2. The van der Waals surface area contributed by atoms with Crippen molar-refractivity contribution < 1.29 is 32.5 Å². The van der Waals surface area contributed by atoms with E-state index in [9.17, 15) is 23.1 Å². The molecule has 0 unspecified atom stereocenters. The zero-order valence-electron chi connectivity index (χ0n) is 17.3. The fourth-order valence-electron chi connectivity index (χ4n) is 2.93. The number of aromatic hydroxyl groups is 1. The Morgan fingerprint density at radius 3 is 2.42 bits per heavy atom. The van der Waals surface area contributed by atoms with Crippen molar-refractivity contribution in [1.82, 2.24) is 0 Å². The van der Waals surface area contributed by atoms with Crippen LogP contribution in [0, 0.1) is 5.41 Å². The van der Waals surface area contributed by atoms with E-state index in [2.05, 4.69) is 10.1 Å². The van der Waals surface area contributed by atoms with Gasteiger partial charge in [0, 0.05) is 23.4 Å². The van der Waals surface area contributed by atoms with Gasteiger partial charge in [0.15, 0.2) is 0 Å². The molecular formula is C22H25F3N2O4. The maximum absolute atomic E-state index is 12.8. The Labute approximate surface area is 178 Å². The summed E-state index contributed by atoms with van der Waals surface area (Å²) in [6, 6.07) is 9.20. The van der Waals surface area contributed by atoms with Gasteiger partial charge in [-0.05, 0) is 49.2 Å². The molecule has 2 rings (SSSR count). The summed E-state index contributed by atoms with van der Waals surface area (Å²) in [4.78, 5) is 11.4. The van der Waals surface area contributed by atoms with Gasteiger partial charge in [0.1, 0.15) is 17.2 Å². The van der Waals surface area contributed by atoms with Gasteiger partial charge in [-0.3, -0.25) is 5.41 Å². The second-order valence-electron chi connectivity index (χ2n) is 6.76. The number of alkyl halides is 3. The van der Waals surface area contributed by atoms with Crippen molar-refractivity contribution >= 4 is 17.4 Å². The molecule has 0 saturated heterocycles. The molecule has 0 saturated carbocycles. The highest BCUT2D eigenvalue weighted by molar-refractivity contribution is 6.04. The lowest BCUT2D eigenvalue weighted by Crippen LogP contribution is -2.23. The molecule has 0 spiro atoms. The molecule has 0 aliphatic carbocycles. The van der Waals surface area contributed by atoms with Gasteiger partial charge in [0.05, 0.1) is 19.3 Å². The predicted octanol–water partition coefficient (Wildman–Crippen LogP) is 4.94. The maximum Gasteiger partial charge on any atom is 0.433 e. The van der Waals surface area contributed by atoms with Crippen LogP contribution in [-0.2, 0) is 11.2 Å². The predicted molar refractivity (Wildman–Crippen MR) is 111 cm³/mol. The fourth-order valence-corrected chi connectivity index (χ4v) is 2.93. The maximum atomic E-state index is 12.8. The molecule has 6 nitrogen and oxygen atoms in total. The van der Waals surface area contributed by atoms with Crippen LogP contribution >= 0.6 is 0 Å². The topological polar surface area (TPSA) is 91.6 Å². The Balaban J connectivity index is 1.95. The summed E-state index contributed by atoms with van der Waals surface area (Å²) in [6.45, 7) is 2.67. The van der Waals surface area contributed by atoms with Crippen molar-refractivity contribution in [2.45, 2.75) is 32.4 Å². The molecule has 0 aliphatic heterocycles. The van der Waals surface area contributed by atoms with E-state index in [1.54, 1.807) is 24.3 Å². The molecule has 0 radical (unpaired) electrons. The first-order chi connectivity index (χ1) is 14.7. The quantitative estimate of drug-likeness (QED) is 0.278. The molecule has 31 heavy (non-hydrogen) atoms. The highest BCUT2D eigenvalue weighted by Gasteiger charge is 2.37. The largest absolute Gasteiger partial charge is 0.507 e. The second kappa shape index (κ2) is 10.7. The van der Waals surface area contributed by atoms with E-state index in [-0.39, 0.29) is 12.2 Å². The van der Waals surface area contributed by atoms with Crippen LogP contribution in [0.25, 0.3) is 0 Å². The summed E-state index contributed by atoms with van der Waals surface area (Å²) in [5, 5.41) is 20.8. The number of nitrogens with one attached hydrogen (secondary N) is 2. The molecule has 3 N–H and O–H groups in total. The lowest BCUT2D eigenvalue weighted by molar-refractivity contribution is -0.0588. The summed E-state index contributed by atoms with van der Waals surface area (Å²) < 4.78 is 48.9. The standard InChI is InChI=1S/C22H25F3N2O4/c1-3-5-16-18(11-10-17(19(16)28)20(26)22(23,24)25)31-13-4-12-27-15-8-6-14(7-9-15)21(29)30-2/h6-11,26-28H,3-5,12-13H2,1-2H3. The number of esters is 1. The molecule has 0 aromatic heterocycles. The summed E-state index contributed by atoms with van der Waals surface area (Å²) in [5.74, 6) is -0.673. The molecule has 0 atom stereocenters. The third-order valence-electron chi connectivity index (χ3n) is 4.51. The van der Waals surface area contributed by atoms with Gasteiger partial charge in [-0.15, -0.1) is 0 Å². The number of phenolic OH excluding ortho intramolecular Hbond substituents is 1. The first-order valence-corrected chi connectivity index (χ1v) is 9.75. The number of methoxy groups -OCH3 is 1. The number of hydrogen-bond acceptors (Lipinski definition) is 6. The van der Waals surface area contributed by atoms with E-state index in [0.29, 0.717) is 37.1 Å². The summed E-state index contributed by atoms with van der Waals surface area (Å²) in [6.07, 6.45) is -3.34. The van der Waals surface area contributed by atoms with Gasteiger partial charge >= 0.3 is 12.1 Å². The first-order valence-electron chi connectivity index (χ1n) is 9.75. The van der Waals surface area contributed by atoms with E-state index < -0.39 is 29.2 Å². The third kappa shape index (κ3) is 6.37. The molecule has 2 aromatic rings. The van der Waals surface area contributed by atoms with Crippen molar-refractivity contribution in [2.24, 2.45) is 0 Å². The minimum atomic E-state index is -4.84. The Morgan fingerprint density at radius 2 is 1.84 bits per heavy atom. The van der Waals surface area contributed by atoms with E-state index >= 15 is 0 Å². The number of halogens is 3. The van der Waals surface area contributed by atoms with Crippen LogP contribution in [0.1, 0.15) is 41.3 Å². The Morgan fingerprint density at radius 1 is 1.16 bits per heavy atom. The number of phenols is 1. The SMILES string of the molecule is CCCc1c(OCCCNc2ccc(C(=O)OC)cc2)ccc(C(=N)C(F)(F)F)c1O. The van der Waals surface area contributed by atoms with Gasteiger partial charge in [-0.25, -0.2) is 4.79 Å². The molecule has 0 amide bonds. The third-order valence-corrected chi connectivity index (χ3v) is 4.51.